The second-order valence-corrected chi connectivity index (χ2v) is 5.99. The van der Waals surface area contributed by atoms with Gasteiger partial charge in [-0.05, 0) is 43.5 Å². The molecule has 1 fully saturated rings. The van der Waals surface area contributed by atoms with E-state index in [0.717, 1.165) is 31.2 Å². The minimum Gasteiger partial charge on any atom is -0.449 e. The Morgan fingerprint density at radius 1 is 1.25 bits per heavy atom. The lowest BCUT2D eigenvalue weighted by Gasteiger charge is -2.24. The molecule has 1 saturated carbocycles. The normalized spacial score (nSPS) is 16.3. The number of nitrogens with zero attached hydrogens (tertiary/aromatic N) is 1. The molecule has 0 aromatic heterocycles. The molecule has 5 heteroatoms. The maximum absolute atomic E-state index is 12.0. The van der Waals surface area contributed by atoms with Gasteiger partial charge < -0.3 is 10.1 Å². The number of amides is 1. The zero-order valence-electron chi connectivity index (χ0n) is 13.8. The van der Waals surface area contributed by atoms with E-state index in [1.54, 1.807) is 37.3 Å². The molecule has 1 atom stereocenters. The third-order valence-electron chi connectivity index (χ3n) is 4.07. The zero-order valence-corrected chi connectivity index (χ0v) is 13.8. The summed E-state index contributed by atoms with van der Waals surface area (Å²) in [6.07, 6.45) is 7.53. The van der Waals surface area contributed by atoms with Crippen molar-refractivity contribution in [2.75, 3.05) is 0 Å². The van der Waals surface area contributed by atoms with Crippen LogP contribution in [0.4, 0.5) is 0 Å². The van der Waals surface area contributed by atoms with Gasteiger partial charge in [-0.2, -0.15) is 5.26 Å². The van der Waals surface area contributed by atoms with E-state index in [-0.39, 0.29) is 11.9 Å². The Morgan fingerprint density at radius 2 is 1.92 bits per heavy atom. The van der Waals surface area contributed by atoms with E-state index in [1.807, 2.05) is 6.07 Å². The summed E-state index contributed by atoms with van der Waals surface area (Å²) < 4.78 is 5.13. The largest absolute Gasteiger partial charge is 0.449 e. The van der Waals surface area contributed by atoms with E-state index >= 15 is 0 Å². The number of nitrogens with one attached hydrogen (secondary N) is 1. The van der Waals surface area contributed by atoms with Crippen molar-refractivity contribution >= 4 is 18.0 Å². The molecule has 5 nitrogen and oxygen atoms in total. The molecule has 0 unspecified atom stereocenters. The van der Waals surface area contributed by atoms with Crippen molar-refractivity contribution in [2.45, 2.75) is 51.2 Å². The number of nitriles is 1. The van der Waals surface area contributed by atoms with Gasteiger partial charge in [-0.1, -0.05) is 31.4 Å². The smallest absolute Gasteiger partial charge is 0.331 e. The summed E-state index contributed by atoms with van der Waals surface area (Å²) in [5.74, 6) is -0.812. The molecule has 24 heavy (non-hydrogen) atoms. The number of hydrogen-bond donors (Lipinski definition) is 1. The summed E-state index contributed by atoms with van der Waals surface area (Å²) in [5, 5.41) is 11.7. The van der Waals surface area contributed by atoms with Crippen molar-refractivity contribution in [3.63, 3.8) is 0 Å². The fourth-order valence-electron chi connectivity index (χ4n) is 2.67. The van der Waals surface area contributed by atoms with Crippen LogP contribution in [0.15, 0.2) is 30.3 Å². The van der Waals surface area contributed by atoms with Crippen LogP contribution in [0.3, 0.4) is 0 Å². The number of carbonyl (C=O) groups is 2. The number of carbonyl (C=O) groups excluding carboxylic acids is 2. The molecule has 1 aromatic rings. The number of rotatable bonds is 5. The molecule has 0 radical (unpaired) electrons. The summed E-state index contributed by atoms with van der Waals surface area (Å²) >= 11 is 0. The summed E-state index contributed by atoms with van der Waals surface area (Å²) in [4.78, 5) is 23.9. The highest BCUT2D eigenvalue weighted by atomic mass is 16.5. The van der Waals surface area contributed by atoms with E-state index < -0.39 is 12.1 Å². The number of ether oxygens (including phenoxy) is 1. The maximum Gasteiger partial charge on any atom is 0.331 e. The van der Waals surface area contributed by atoms with Crippen LogP contribution in [0, 0.1) is 11.3 Å². The fourth-order valence-corrected chi connectivity index (χ4v) is 2.67. The third-order valence-corrected chi connectivity index (χ3v) is 4.07. The highest BCUT2D eigenvalue weighted by molar-refractivity contribution is 5.90. The molecule has 2 rings (SSSR count). The van der Waals surface area contributed by atoms with Gasteiger partial charge in [-0.3, -0.25) is 4.79 Å². The van der Waals surface area contributed by atoms with E-state index in [0.29, 0.717) is 5.56 Å². The molecule has 0 spiro atoms. The second-order valence-electron chi connectivity index (χ2n) is 5.99. The zero-order chi connectivity index (χ0) is 17.4. The molecule has 126 valence electrons. The van der Waals surface area contributed by atoms with Gasteiger partial charge in [-0.25, -0.2) is 4.79 Å². The predicted octanol–water partition coefficient (Wildman–Crippen LogP) is 2.95. The lowest BCUT2D eigenvalue weighted by atomic mass is 9.95. The first kappa shape index (κ1) is 17.7. The summed E-state index contributed by atoms with van der Waals surface area (Å²) in [6.45, 7) is 1.58. The Morgan fingerprint density at radius 3 is 2.54 bits per heavy atom. The van der Waals surface area contributed by atoms with E-state index in [9.17, 15) is 9.59 Å². The van der Waals surface area contributed by atoms with Gasteiger partial charge in [0.1, 0.15) is 0 Å². The first-order valence-corrected chi connectivity index (χ1v) is 8.27. The number of hydrogen-bond acceptors (Lipinski definition) is 4. The molecular formula is C19H22N2O3. The van der Waals surface area contributed by atoms with Gasteiger partial charge in [-0.15, -0.1) is 0 Å². The van der Waals surface area contributed by atoms with Crippen LogP contribution in [-0.2, 0) is 14.3 Å². The van der Waals surface area contributed by atoms with Crippen LogP contribution < -0.4 is 5.32 Å². The average Bonchev–Trinajstić information content (AvgIpc) is 2.61. The maximum atomic E-state index is 12.0. The number of esters is 1. The molecule has 1 aromatic carbocycles. The van der Waals surface area contributed by atoms with Crippen molar-refractivity contribution in [3.8, 4) is 6.07 Å². The lowest BCUT2D eigenvalue weighted by Crippen LogP contribution is -2.42. The van der Waals surface area contributed by atoms with Crippen molar-refractivity contribution in [1.82, 2.24) is 5.32 Å². The van der Waals surface area contributed by atoms with Crippen LogP contribution in [0.2, 0.25) is 0 Å². The standard InChI is InChI=1S/C19H22N2O3/c1-14(19(23)21-17-5-3-2-4-6-17)24-18(22)12-11-15-7-9-16(13-20)10-8-15/h7-12,14,17H,2-6H2,1H3,(H,21,23)/b12-11+/t14-/m0/s1. The Kier molecular flexibility index (Phi) is 6.56. The van der Waals surface area contributed by atoms with Crippen LogP contribution in [0.1, 0.15) is 50.2 Å². The van der Waals surface area contributed by atoms with E-state index in [4.69, 9.17) is 10.00 Å². The monoisotopic (exact) mass is 326 g/mol. The SMILES string of the molecule is C[C@H](OC(=O)/C=C/c1ccc(C#N)cc1)C(=O)NC1CCCCC1. The van der Waals surface area contributed by atoms with E-state index in [1.165, 1.54) is 12.5 Å². The molecule has 1 N–H and O–H groups in total. The first-order chi connectivity index (χ1) is 11.6. The molecular weight excluding hydrogens is 304 g/mol. The topological polar surface area (TPSA) is 79.2 Å². The van der Waals surface area contributed by atoms with Gasteiger partial charge in [0.05, 0.1) is 11.6 Å². The Balaban J connectivity index is 1.80. The summed E-state index contributed by atoms with van der Waals surface area (Å²) in [6, 6.07) is 9.05. The summed E-state index contributed by atoms with van der Waals surface area (Å²) in [5.41, 5.74) is 1.34. The molecule has 0 heterocycles. The molecule has 1 aliphatic carbocycles. The van der Waals surface area contributed by atoms with E-state index in [2.05, 4.69) is 5.32 Å². The minimum absolute atomic E-state index is 0.196. The van der Waals surface area contributed by atoms with Crippen molar-refractivity contribution < 1.29 is 14.3 Å². The Labute approximate surface area is 142 Å². The van der Waals surface area contributed by atoms with Gasteiger partial charge in [0.2, 0.25) is 0 Å². The van der Waals surface area contributed by atoms with Gasteiger partial charge >= 0.3 is 5.97 Å². The van der Waals surface area contributed by atoms with Crippen molar-refractivity contribution in [1.29, 1.82) is 5.26 Å². The van der Waals surface area contributed by atoms with Gasteiger partial charge in [0, 0.05) is 12.1 Å². The quantitative estimate of drug-likeness (QED) is 0.666. The molecule has 1 aliphatic rings. The molecule has 0 saturated heterocycles. The highest BCUT2D eigenvalue weighted by Gasteiger charge is 2.21. The Bertz CT molecular complexity index is 638. The fraction of sp³-hybridized carbons (Fsp3) is 0.421. The third kappa shape index (κ3) is 5.54. The Hall–Kier alpha value is -2.61. The molecule has 0 aliphatic heterocycles. The first-order valence-electron chi connectivity index (χ1n) is 8.27. The second kappa shape index (κ2) is 8.88. The van der Waals surface area contributed by atoms with Crippen LogP contribution in [0.5, 0.6) is 0 Å². The van der Waals surface area contributed by atoms with Crippen LogP contribution >= 0.6 is 0 Å². The molecule has 1 amide bonds. The van der Waals surface area contributed by atoms with Crippen molar-refractivity contribution in [2.24, 2.45) is 0 Å². The van der Waals surface area contributed by atoms with Gasteiger partial charge in [0.15, 0.2) is 6.10 Å². The van der Waals surface area contributed by atoms with Crippen LogP contribution in [-0.4, -0.2) is 24.0 Å². The number of benzene rings is 1. The molecule has 0 bridgehead atoms. The van der Waals surface area contributed by atoms with Crippen LogP contribution in [0.25, 0.3) is 6.08 Å². The summed E-state index contributed by atoms with van der Waals surface area (Å²) in [7, 11) is 0. The predicted molar refractivity (Wildman–Crippen MR) is 90.8 cm³/mol. The average molecular weight is 326 g/mol. The minimum atomic E-state index is -0.815. The van der Waals surface area contributed by atoms with Gasteiger partial charge in [0.25, 0.3) is 5.91 Å². The van der Waals surface area contributed by atoms with Crippen molar-refractivity contribution in [3.05, 3.63) is 41.5 Å². The highest BCUT2D eigenvalue weighted by Crippen LogP contribution is 2.17. The lowest BCUT2D eigenvalue weighted by molar-refractivity contribution is -0.150.